The fraction of sp³-hybridized carbons (Fsp3) is 0.667. The van der Waals surface area contributed by atoms with E-state index in [2.05, 4.69) is 48.3 Å². The molecule has 1 aromatic rings. The van der Waals surface area contributed by atoms with Crippen LogP contribution in [-0.4, -0.2) is 37.2 Å². The first-order valence-electron chi connectivity index (χ1n) is 8.24. The van der Waals surface area contributed by atoms with Crippen LogP contribution < -0.4 is 5.32 Å². The minimum Gasteiger partial charge on any atom is -0.380 e. The second kappa shape index (κ2) is 8.52. The normalized spacial score (nSPS) is 20.7. The number of nitrogens with one attached hydrogen (secondary N) is 1. The Bertz CT molecular complexity index is 419. The maximum absolute atomic E-state index is 5.29. The van der Waals surface area contributed by atoms with Gasteiger partial charge in [-0.1, -0.05) is 24.3 Å². The lowest BCUT2D eigenvalue weighted by atomic mass is 10.1. The highest BCUT2D eigenvalue weighted by Gasteiger charge is 2.18. The Morgan fingerprint density at radius 1 is 1.19 bits per heavy atom. The van der Waals surface area contributed by atoms with Gasteiger partial charge in [0.15, 0.2) is 0 Å². The van der Waals surface area contributed by atoms with Gasteiger partial charge in [-0.2, -0.15) is 0 Å². The van der Waals surface area contributed by atoms with Crippen molar-refractivity contribution in [3.8, 4) is 0 Å². The van der Waals surface area contributed by atoms with Crippen molar-refractivity contribution in [1.29, 1.82) is 0 Å². The molecule has 1 saturated heterocycles. The van der Waals surface area contributed by atoms with Crippen molar-refractivity contribution in [3.05, 3.63) is 35.4 Å². The van der Waals surface area contributed by atoms with Gasteiger partial charge in [-0.25, -0.2) is 0 Å². The molecule has 0 spiro atoms. The zero-order valence-corrected chi connectivity index (χ0v) is 13.8. The molecular weight excluding hydrogens is 260 g/mol. The molecule has 2 rings (SSSR count). The lowest BCUT2D eigenvalue weighted by molar-refractivity contribution is 0.184. The van der Waals surface area contributed by atoms with Crippen molar-refractivity contribution >= 4 is 0 Å². The molecule has 1 fully saturated rings. The molecule has 0 radical (unpaired) electrons. The summed E-state index contributed by atoms with van der Waals surface area (Å²) in [6.07, 6.45) is 3.84. The molecule has 1 unspecified atom stereocenters. The van der Waals surface area contributed by atoms with Gasteiger partial charge in [-0.3, -0.25) is 0 Å². The Morgan fingerprint density at radius 3 is 2.67 bits per heavy atom. The topological polar surface area (TPSA) is 24.5 Å². The maximum atomic E-state index is 5.29. The van der Waals surface area contributed by atoms with Gasteiger partial charge in [0, 0.05) is 25.7 Å². The second-order valence-electron chi connectivity index (χ2n) is 6.34. The Labute approximate surface area is 129 Å². The van der Waals surface area contributed by atoms with Crippen LogP contribution in [0.1, 0.15) is 44.2 Å². The van der Waals surface area contributed by atoms with Crippen LogP contribution in [0.15, 0.2) is 24.3 Å². The van der Waals surface area contributed by atoms with Gasteiger partial charge in [0.1, 0.15) is 0 Å². The average Bonchev–Trinajstić information content (AvgIpc) is 2.72. The molecule has 0 aliphatic carbocycles. The van der Waals surface area contributed by atoms with Crippen LogP contribution in [-0.2, 0) is 17.9 Å². The highest BCUT2D eigenvalue weighted by Crippen LogP contribution is 2.15. The predicted octanol–water partition coefficient (Wildman–Crippen LogP) is 3.19. The highest BCUT2D eigenvalue weighted by atomic mass is 16.5. The van der Waals surface area contributed by atoms with Crippen molar-refractivity contribution in [2.75, 3.05) is 20.2 Å². The van der Waals surface area contributed by atoms with E-state index < -0.39 is 0 Å². The van der Waals surface area contributed by atoms with Gasteiger partial charge >= 0.3 is 0 Å². The first-order chi connectivity index (χ1) is 10.2. The molecule has 118 valence electrons. The minimum absolute atomic E-state index is 0.643. The molecular formula is C18H30N2O. The standard InChI is InChI=1S/C18H30N2O/c1-15(2)20-11-6-9-18(10-12-20)19-13-16-7-4-5-8-17(16)14-21-3/h4-5,7-8,15,18-19H,6,9-14H2,1-3H3. The molecule has 1 aliphatic heterocycles. The Morgan fingerprint density at radius 2 is 1.95 bits per heavy atom. The molecule has 0 saturated carbocycles. The second-order valence-corrected chi connectivity index (χ2v) is 6.34. The number of likely N-dealkylation sites (tertiary alicyclic amines) is 1. The quantitative estimate of drug-likeness (QED) is 0.871. The summed E-state index contributed by atoms with van der Waals surface area (Å²) in [6.45, 7) is 8.71. The Hall–Kier alpha value is -0.900. The van der Waals surface area contributed by atoms with E-state index in [0.717, 1.165) is 6.54 Å². The monoisotopic (exact) mass is 290 g/mol. The number of hydrogen-bond acceptors (Lipinski definition) is 3. The van der Waals surface area contributed by atoms with Crippen molar-refractivity contribution in [1.82, 2.24) is 10.2 Å². The van der Waals surface area contributed by atoms with Gasteiger partial charge in [0.25, 0.3) is 0 Å². The lowest BCUT2D eigenvalue weighted by Crippen LogP contribution is -2.34. The average molecular weight is 290 g/mol. The summed E-state index contributed by atoms with van der Waals surface area (Å²) in [5.74, 6) is 0. The SMILES string of the molecule is COCc1ccccc1CNC1CCCN(C(C)C)CC1. The summed E-state index contributed by atoms with van der Waals surface area (Å²) in [5, 5.41) is 3.75. The van der Waals surface area contributed by atoms with Crippen LogP contribution in [0.4, 0.5) is 0 Å². The molecule has 3 nitrogen and oxygen atoms in total. The van der Waals surface area contributed by atoms with Gasteiger partial charge < -0.3 is 15.0 Å². The summed E-state index contributed by atoms with van der Waals surface area (Å²) in [7, 11) is 1.76. The molecule has 21 heavy (non-hydrogen) atoms. The summed E-state index contributed by atoms with van der Waals surface area (Å²) < 4.78 is 5.29. The summed E-state index contributed by atoms with van der Waals surface area (Å²) in [5.41, 5.74) is 2.66. The van der Waals surface area contributed by atoms with Crippen molar-refractivity contribution < 1.29 is 4.74 Å². The Kier molecular flexibility index (Phi) is 6.68. The van der Waals surface area contributed by atoms with Crippen LogP contribution in [0.3, 0.4) is 0 Å². The third-order valence-electron chi connectivity index (χ3n) is 4.49. The first-order valence-corrected chi connectivity index (χ1v) is 8.24. The van der Waals surface area contributed by atoms with Gasteiger partial charge in [-0.05, 0) is 57.3 Å². The molecule has 0 bridgehead atoms. The third-order valence-corrected chi connectivity index (χ3v) is 4.49. The van der Waals surface area contributed by atoms with Crippen molar-refractivity contribution in [3.63, 3.8) is 0 Å². The third kappa shape index (κ3) is 5.10. The van der Waals surface area contributed by atoms with E-state index in [4.69, 9.17) is 4.74 Å². The van der Waals surface area contributed by atoms with E-state index in [1.165, 1.54) is 43.5 Å². The number of benzene rings is 1. The van der Waals surface area contributed by atoms with E-state index in [1.54, 1.807) is 7.11 Å². The molecule has 1 heterocycles. The van der Waals surface area contributed by atoms with E-state index in [1.807, 2.05) is 0 Å². The number of methoxy groups -OCH3 is 1. The molecule has 1 atom stereocenters. The van der Waals surface area contributed by atoms with Crippen LogP contribution in [0.5, 0.6) is 0 Å². The minimum atomic E-state index is 0.643. The van der Waals surface area contributed by atoms with Gasteiger partial charge in [-0.15, -0.1) is 0 Å². The summed E-state index contributed by atoms with van der Waals surface area (Å²) in [6, 6.07) is 9.89. The zero-order chi connectivity index (χ0) is 15.1. The van der Waals surface area contributed by atoms with Crippen LogP contribution in [0.2, 0.25) is 0 Å². The van der Waals surface area contributed by atoms with Crippen molar-refractivity contribution in [2.24, 2.45) is 0 Å². The fourth-order valence-corrected chi connectivity index (χ4v) is 3.12. The van der Waals surface area contributed by atoms with E-state index in [0.29, 0.717) is 18.7 Å². The van der Waals surface area contributed by atoms with Crippen molar-refractivity contribution in [2.45, 2.75) is 58.3 Å². The number of nitrogens with zero attached hydrogens (tertiary/aromatic N) is 1. The molecule has 0 amide bonds. The molecule has 3 heteroatoms. The first kappa shape index (κ1) is 16.5. The van der Waals surface area contributed by atoms with E-state index in [9.17, 15) is 0 Å². The summed E-state index contributed by atoms with van der Waals surface area (Å²) in [4.78, 5) is 2.60. The Balaban J connectivity index is 1.85. The van der Waals surface area contributed by atoms with Crippen LogP contribution in [0.25, 0.3) is 0 Å². The van der Waals surface area contributed by atoms with Gasteiger partial charge in [0.2, 0.25) is 0 Å². The zero-order valence-electron chi connectivity index (χ0n) is 13.8. The maximum Gasteiger partial charge on any atom is 0.0716 e. The molecule has 1 aromatic carbocycles. The van der Waals surface area contributed by atoms with Crippen LogP contribution in [0, 0.1) is 0 Å². The number of rotatable bonds is 6. The largest absolute Gasteiger partial charge is 0.380 e. The number of hydrogen-bond donors (Lipinski definition) is 1. The molecule has 1 N–H and O–H groups in total. The van der Waals surface area contributed by atoms with Gasteiger partial charge in [0.05, 0.1) is 6.61 Å². The van der Waals surface area contributed by atoms with E-state index in [-0.39, 0.29) is 0 Å². The lowest BCUT2D eigenvalue weighted by Gasteiger charge is -2.24. The number of ether oxygens (including phenoxy) is 1. The van der Waals surface area contributed by atoms with Crippen LogP contribution >= 0.6 is 0 Å². The fourth-order valence-electron chi connectivity index (χ4n) is 3.12. The molecule has 0 aromatic heterocycles. The highest BCUT2D eigenvalue weighted by molar-refractivity contribution is 5.26. The molecule has 1 aliphatic rings. The predicted molar refractivity (Wildman–Crippen MR) is 88.3 cm³/mol. The van der Waals surface area contributed by atoms with E-state index >= 15 is 0 Å². The summed E-state index contributed by atoms with van der Waals surface area (Å²) >= 11 is 0. The smallest absolute Gasteiger partial charge is 0.0716 e.